The van der Waals surface area contributed by atoms with Gasteiger partial charge in [0, 0.05) is 6.61 Å². The van der Waals surface area contributed by atoms with Gasteiger partial charge in [0.25, 0.3) is 0 Å². The van der Waals surface area contributed by atoms with Crippen LogP contribution < -0.4 is 0 Å². The highest BCUT2D eigenvalue weighted by Gasteiger charge is 2.63. The molecule has 2 aliphatic carbocycles. The fourth-order valence-corrected chi connectivity index (χ4v) is 3.61. The lowest BCUT2D eigenvalue weighted by atomic mass is 9.54. The number of ether oxygens (including phenoxy) is 1. The van der Waals surface area contributed by atoms with Crippen LogP contribution in [0.4, 0.5) is 0 Å². The van der Waals surface area contributed by atoms with E-state index in [0.717, 1.165) is 13.0 Å². The molecule has 2 heteroatoms. The lowest BCUT2D eigenvalue weighted by Gasteiger charge is -2.56. The smallest absolute Gasteiger partial charge is 0.0996 e. The van der Waals surface area contributed by atoms with Gasteiger partial charge in [-0.3, -0.25) is 0 Å². The van der Waals surface area contributed by atoms with Gasteiger partial charge >= 0.3 is 0 Å². The third kappa shape index (κ3) is 0.647. The molecule has 12 heavy (non-hydrogen) atoms. The van der Waals surface area contributed by atoms with Gasteiger partial charge in [-0.15, -0.1) is 0 Å². The van der Waals surface area contributed by atoms with Crippen LogP contribution in [0, 0.1) is 11.8 Å². The average molecular weight is 168 g/mol. The minimum atomic E-state index is -0.155. The molecule has 1 heterocycles. The molecule has 0 aromatic heterocycles. The molecule has 4 atom stereocenters. The number of rotatable bonds is 0. The van der Waals surface area contributed by atoms with Crippen molar-refractivity contribution in [2.45, 2.75) is 43.8 Å². The average Bonchev–Trinajstić information content (AvgIpc) is 2.31. The summed E-state index contributed by atoms with van der Waals surface area (Å²) in [5, 5.41) is 9.94. The summed E-state index contributed by atoms with van der Waals surface area (Å²) in [4.78, 5) is 0. The largest absolute Gasteiger partial charge is 0.390 e. The minimum absolute atomic E-state index is 0.0573. The summed E-state index contributed by atoms with van der Waals surface area (Å²) in [5.74, 6) is 1.38. The Labute approximate surface area is 72.9 Å². The van der Waals surface area contributed by atoms with Gasteiger partial charge in [0.05, 0.1) is 11.7 Å². The number of hydrogen-bond acceptors (Lipinski definition) is 2. The second kappa shape index (κ2) is 2.24. The molecule has 0 aromatic carbocycles. The van der Waals surface area contributed by atoms with Crippen molar-refractivity contribution in [3.05, 3.63) is 0 Å². The van der Waals surface area contributed by atoms with Crippen LogP contribution in [0.3, 0.4) is 0 Å². The zero-order valence-electron chi connectivity index (χ0n) is 7.33. The summed E-state index contributed by atoms with van der Waals surface area (Å²) in [6.07, 6.45) is 5.80. The summed E-state index contributed by atoms with van der Waals surface area (Å²) >= 11 is 0. The van der Waals surface area contributed by atoms with Crippen LogP contribution in [0.15, 0.2) is 0 Å². The molecule has 1 aliphatic heterocycles. The zero-order valence-corrected chi connectivity index (χ0v) is 7.33. The third-order valence-corrected chi connectivity index (χ3v) is 4.21. The third-order valence-electron chi connectivity index (χ3n) is 4.21. The van der Waals surface area contributed by atoms with E-state index < -0.39 is 0 Å². The van der Waals surface area contributed by atoms with E-state index in [0.29, 0.717) is 11.8 Å². The fourth-order valence-electron chi connectivity index (χ4n) is 3.61. The van der Waals surface area contributed by atoms with Gasteiger partial charge in [-0.25, -0.2) is 0 Å². The van der Waals surface area contributed by atoms with E-state index in [2.05, 4.69) is 0 Å². The molecule has 1 saturated heterocycles. The molecule has 3 rings (SSSR count). The molecule has 0 unspecified atom stereocenters. The number of hydrogen-bond donors (Lipinski definition) is 1. The number of aliphatic hydroxyl groups is 1. The van der Waals surface area contributed by atoms with Gasteiger partial charge in [0.2, 0.25) is 0 Å². The van der Waals surface area contributed by atoms with Crippen LogP contribution in [0.1, 0.15) is 32.1 Å². The molecule has 0 bridgehead atoms. The van der Waals surface area contributed by atoms with E-state index in [1.54, 1.807) is 0 Å². The zero-order chi connectivity index (χ0) is 8.18. The first-order valence-electron chi connectivity index (χ1n) is 5.16. The predicted octanol–water partition coefficient (Wildman–Crippen LogP) is 1.33. The molecule has 1 spiro atoms. The highest BCUT2D eigenvalue weighted by Crippen LogP contribution is 2.59. The molecule has 0 amide bonds. The first-order chi connectivity index (χ1) is 5.84. The van der Waals surface area contributed by atoms with Gasteiger partial charge in [-0.2, -0.15) is 0 Å². The van der Waals surface area contributed by atoms with Gasteiger partial charge in [0.15, 0.2) is 0 Å². The molecule has 68 valence electrons. The van der Waals surface area contributed by atoms with Crippen LogP contribution in [0.25, 0.3) is 0 Å². The fraction of sp³-hybridized carbons (Fsp3) is 1.00. The van der Waals surface area contributed by atoms with E-state index in [-0.39, 0.29) is 11.7 Å². The Morgan fingerprint density at radius 1 is 1.17 bits per heavy atom. The first kappa shape index (κ1) is 7.34. The molecule has 3 fully saturated rings. The maximum absolute atomic E-state index is 9.94. The van der Waals surface area contributed by atoms with Crippen molar-refractivity contribution in [1.82, 2.24) is 0 Å². The van der Waals surface area contributed by atoms with E-state index in [9.17, 15) is 5.11 Å². The van der Waals surface area contributed by atoms with Crippen molar-refractivity contribution >= 4 is 0 Å². The van der Waals surface area contributed by atoms with Crippen molar-refractivity contribution in [3.8, 4) is 0 Å². The van der Waals surface area contributed by atoms with E-state index in [1.165, 1.54) is 25.7 Å². The molecular formula is C10H16O2. The van der Waals surface area contributed by atoms with Crippen LogP contribution in [0.5, 0.6) is 0 Å². The van der Waals surface area contributed by atoms with Gasteiger partial charge in [-0.05, 0) is 37.5 Å². The van der Waals surface area contributed by atoms with Crippen molar-refractivity contribution in [1.29, 1.82) is 0 Å². The van der Waals surface area contributed by atoms with Crippen LogP contribution in [-0.2, 0) is 4.74 Å². The van der Waals surface area contributed by atoms with Crippen LogP contribution >= 0.6 is 0 Å². The Balaban J connectivity index is 1.91. The lowest BCUT2D eigenvalue weighted by molar-refractivity contribution is -0.217. The lowest BCUT2D eigenvalue weighted by Crippen LogP contribution is -2.63. The summed E-state index contributed by atoms with van der Waals surface area (Å²) in [5.41, 5.74) is -0.0573. The second-order valence-corrected chi connectivity index (χ2v) is 4.57. The van der Waals surface area contributed by atoms with Crippen molar-refractivity contribution < 1.29 is 9.84 Å². The summed E-state index contributed by atoms with van der Waals surface area (Å²) in [7, 11) is 0. The van der Waals surface area contributed by atoms with Crippen molar-refractivity contribution in [3.63, 3.8) is 0 Å². The highest BCUT2D eigenvalue weighted by molar-refractivity contribution is 5.13. The van der Waals surface area contributed by atoms with Crippen LogP contribution in [-0.4, -0.2) is 23.4 Å². The Hall–Kier alpha value is -0.0800. The Morgan fingerprint density at radius 3 is 2.75 bits per heavy atom. The van der Waals surface area contributed by atoms with Gasteiger partial charge in [-0.1, -0.05) is 6.42 Å². The Bertz CT molecular complexity index is 196. The standard InChI is InChI=1S/C10H16O2/c11-9-3-1-2-7-6-8-4-5-12-10(7,8)9/h7-9,11H,1-6H2/t7-,8-,9+,10+/m1/s1. The molecule has 3 aliphatic rings. The number of aliphatic hydroxyl groups excluding tert-OH is 1. The topological polar surface area (TPSA) is 29.5 Å². The minimum Gasteiger partial charge on any atom is -0.390 e. The van der Waals surface area contributed by atoms with Crippen molar-refractivity contribution in [2.75, 3.05) is 6.61 Å². The molecule has 1 N–H and O–H groups in total. The summed E-state index contributed by atoms with van der Waals surface area (Å²) < 4.78 is 5.81. The second-order valence-electron chi connectivity index (χ2n) is 4.57. The molecular weight excluding hydrogens is 152 g/mol. The van der Waals surface area contributed by atoms with E-state index in [1.807, 2.05) is 0 Å². The normalized spacial score (nSPS) is 57.2. The van der Waals surface area contributed by atoms with Gasteiger partial charge in [0.1, 0.15) is 0 Å². The van der Waals surface area contributed by atoms with Crippen LogP contribution in [0.2, 0.25) is 0 Å². The maximum atomic E-state index is 9.94. The van der Waals surface area contributed by atoms with Gasteiger partial charge < -0.3 is 9.84 Å². The SMILES string of the molecule is O[C@H]1CCC[C@@H]2C[C@H]3CCO[C@@]231. The molecule has 0 aromatic rings. The Kier molecular flexibility index (Phi) is 1.37. The first-order valence-corrected chi connectivity index (χ1v) is 5.16. The quantitative estimate of drug-likeness (QED) is 0.591. The highest BCUT2D eigenvalue weighted by atomic mass is 16.5. The summed E-state index contributed by atoms with van der Waals surface area (Å²) in [6, 6.07) is 0. The monoisotopic (exact) mass is 168 g/mol. The predicted molar refractivity (Wildman–Crippen MR) is 44.8 cm³/mol. The summed E-state index contributed by atoms with van der Waals surface area (Å²) in [6.45, 7) is 0.887. The van der Waals surface area contributed by atoms with E-state index >= 15 is 0 Å². The molecule has 2 saturated carbocycles. The Morgan fingerprint density at radius 2 is 2.00 bits per heavy atom. The molecule has 0 radical (unpaired) electrons. The van der Waals surface area contributed by atoms with Crippen molar-refractivity contribution in [2.24, 2.45) is 11.8 Å². The van der Waals surface area contributed by atoms with E-state index in [4.69, 9.17) is 4.74 Å². The maximum Gasteiger partial charge on any atom is 0.0996 e. The molecule has 2 nitrogen and oxygen atoms in total.